The lowest BCUT2D eigenvalue weighted by Crippen LogP contribution is -2.20. The average Bonchev–Trinajstić information content (AvgIpc) is 2.58. The van der Waals surface area contributed by atoms with E-state index in [1.54, 1.807) is 18.5 Å². The molecule has 1 amide bonds. The second-order valence-electron chi connectivity index (χ2n) is 4.79. The lowest BCUT2D eigenvalue weighted by atomic mass is 10.1. The molecular weight excluding hydrogens is 276 g/mol. The number of benzene rings is 1. The zero-order valence-corrected chi connectivity index (χ0v) is 12.7. The van der Waals surface area contributed by atoms with E-state index in [2.05, 4.69) is 10.3 Å². The van der Waals surface area contributed by atoms with Crippen molar-refractivity contribution in [1.29, 1.82) is 0 Å². The highest BCUT2D eigenvalue weighted by Crippen LogP contribution is 2.06. The van der Waals surface area contributed by atoms with Crippen molar-refractivity contribution in [3.05, 3.63) is 71.6 Å². The van der Waals surface area contributed by atoms with Crippen LogP contribution in [0.1, 0.15) is 23.6 Å². The smallest absolute Gasteiger partial charge is 0.244 e. The predicted octanol–water partition coefficient (Wildman–Crippen LogP) is 2.95. The van der Waals surface area contributed by atoms with Gasteiger partial charge in [-0.1, -0.05) is 30.3 Å². The van der Waals surface area contributed by atoms with E-state index in [0.717, 1.165) is 16.7 Å². The van der Waals surface area contributed by atoms with Crippen molar-refractivity contribution in [2.75, 3.05) is 6.61 Å². The zero-order valence-electron chi connectivity index (χ0n) is 12.7. The number of aromatic nitrogens is 1. The number of nitrogens with zero attached hydrogens (tertiary/aromatic N) is 1. The van der Waals surface area contributed by atoms with Gasteiger partial charge in [-0.15, -0.1) is 0 Å². The van der Waals surface area contributed by atoms with Gasteiger partial charge in [0.2, 0.25) is 5.91 Å². The van der Waals surface area contributed by atoms with Gasteiger partial charge in [-0.05, 0) is 35.8 Å². The highest BCUT2D eigenvalue weighted by molar-refractivity contribution is 5.91. The van der Waals surface area contributed by atoms with Crippen LogP contribution in [0, 0.1) is 0 Å². The van der Waals surface area contributed by atoms with Gasteiger partial charge in [-0.2, -0.15) is 0 Å². The van der Waals surface area contributed by atoms with E-state index in [4.69, 9.17) is 4.74 Å². The topological polar surface area (TPSA) is 51.2 Å². The minimum atomic E-state index is -0.123. The summed E-state index contributed by atoms with van der Waals surface area (Å²) in [5, 5.41) is 2.85. The first-order valence-corrected chi connectivity index (χ1v) is 7.29. The normalized spacial score (nSPS) is 10.8. The quantitative estimate of drug-likeness (QED) is 0.799. The third-order valence-corrected chi connectivity index (χ3v) is 3.07. The van der Waals surface area contributed by atoms with Crippen LogP contribution in [-0.2, 0) is 22.7 Å². The number of carbonyl (C=O) groups excluding carboxylic acids is 1. The first kappa shape index (κ1) is 15.9. The van der Waals surface area contributed by atoms with Crippen LogP contribution in [0.5, 0.6) is 0 Å². The SMILES string of the molecule is CCOCc1ccc(CNC(=O)C=Cc2cccnc2)cc1. The maximum Gasteiger partial charge on any atom is 0.244 e. The van der Waals surface area contributed by atoms with Crippen LogP contribution in [-0.4, -0.2) is 17.5 Å². The van der Waals surface area contributed by atoms with Gasteiger partial charge in [0.25, 0.3) is 0 Å². The number of rotatable bonds is 7. The van der Waals surface area contributed by atoms with E-state index in [1.807, 2.05) is 43.3 Å². The largest absolute Gasteiger partial charge is 0.377 e. The monoisotopic (exact) mass is 296 g/mol. The molecular formula is C18H20N2O2. The molecule has 114 valence electrons. The van der Waals surface area contributed by atoms with Gasteiger partial charge < -0.3 is 10.1 Å². The van der Waals surface area contributed by atoms with E-state index >= 15 is 0 Å². The summed E-state index contributed by atoms with van der Waals surface area (Å²) in [6, 6.07) is 11.8. The Morgan fingerprint density at radius 3 is 2.68 bits per heavy atom. The number of nitrogens with one attached hydrogen (secondary N) is 1. The number of carbonyl (C=O) groups is 1. The molecule has 1 heterocycles. The molecule has 4 nitrogen and oxygen atoms in total. The summed E-state index contributed by atoms with van der Waals surface area (Å²) >= 11 is 0. The van der Waals surface area contributed by atoms with Crippen molar-refractivity contribution in [1.82, 2.24) is 10.3 Å². The Hall–Kier alpha value is -2.46. The number of pyridine rings is 1. The molecule has 0 saturated heterocycles. The van der Waals surface area contributed by atoms with Crippen LogP contribution >= 0.6 is 0 Å². The van der Waals surface area contributed by atoms with Gasteiger partial charge in [0.1, 0.15) is 0 Å². The first-order valence-electron chi connectivity index (χ1n) is 7.29. The third kappa shape index (κ3) is 5.50. The Kier molecular flexibility index (Phi) is 6.33. The van der Waals surface area contributed by atoms with E-state index in [1.165, 1.54) is 6.08 Å². The molecule has 1 N–H and O–H groups in total. The summed E-state index contributed by atoms with van der Waals surface area (Å²) in [5.41, 5.74) is 3.09. The minimum absolute atomic E-state index is 0.123. The summed E-state index contributed by atoms with van der Waals surface area (Å²) in [7, 11) is 0. The van der Waals surface area contributed by atoms with E-state index < -0.39 is 0 Å². The van der Waals surface area contributed by atoms with Crippen molar-refractivity contribution in [3.63, 3.8) is 0 Å². The molecule has 0 bridgehead atoms. The minimum Gasteiger partial charge on any atom is -0.377 e. The molecule has 1 aromatic heterocycles. The molecule has 2 rings (SSSR count). The Balaban J connectivity index is 1.79. The fourth-order valence-electron chi connectivity index (χ4n) is 1.87. The summed E-state index contributed by atoms with van der Waals surface area (Å²) in [4.78, 5) is 15.8. The number of hydrogen-bond donors (Lipinski definition) is 1. The molecule has 22 heavy (non-hydrogen) atoms. The van der Waals surface area contributed by atoms with Crippen LogP contribution in [0.3, 0.4) is 0 Å². The van der Waals surface area contributed by atoms with E-state index in [-0.39, 0.29) is 5.91 Å². The van der Waals surface area contributed by atoms with Gasteiger partial charge >= 0.3 is 0 Å². The maximum absolute atomic E-state index is 11.8. The van der Waals surface area contributed by atoms with E-state index in [0.29, 0.717) is 19.8 Å². The highest BCUT2D eigenvalue weighted by atomic mass is 16.5. The fraction of sp³-hybridized carbons (Fsp3) is 0.222. The van der Waals surface area contributed by atoms with Crippen LogP contribution < -0.4 is 5.32 Å². The summed E-state index contributed by atoms with van der Waals surface area (Å²) in [6.45, 7) is 3.81. The Morgan fingerprint density at radius 1 is 1.23 bits per heavy atom. The van der Waals surface area contributed by atoms with Gasteiger partial charge in [-0.3, -0.25) is 9.78 Å². The van der Waals surface area contributed by atoms with Gasteiger partial charge in [0.05, 0.1) is 6.61 Å². The van der Waals surface area contributed by atoms with Crippen LogP contribution in [0.25, 0.3) is 6.08 Å². The van der Waals surface area contributed by atoms with E-state index in [9.17, 15) is 4.79 Å². The van der Waals surface area contributed by atoms with Crippen molar-refractivity contribution in [2.45, 2.75) is 20.1 Å². The molecule has 0 fully saturated rings. The molecule has 4 heteroatoms. The zero-order chi connectivity index (χ0) is 15.6. The van der Waals surface area contributed by atoms with Crippen LogP contribution in [0.15, 0.2) is 54.9 Å². The molecule has 0 aliphatic heterocycles. The highest BCUT2D eigenvalue weighted by Gasteiger charge is 1.98. The van der Waals surface area contributed by atoms with Gasteiger partial charge in [0.15, 0.2) is 0 Å². The third-order valence-electron chi connectivity index (χ3n) is 3.07. The number of amides is 1. The lowest BCUT2D eigenvalue weighted by Gasteiger charge is -2.05. The standard InChI is InChI=1S/C18H20N2O2/c1-2-22-14-17-7-5-16(6-8-17)13-20-18(21)10-9-15-4-3-11-19-12-15/h3-12H,2,13-14H2,1H3,(H,20,21). The van der Waals surface area contributed by atoms with Crippen LogP contribution in [0.4, 0.5) is 0 Å². The summed E-state index contributed by atoms with van der Waals surface area (Å²) in [6.07, 6.45) is 6.67. The number of hydrogen-bond acceptors (Lipinski definition) is 3. The molecule has 0 spiro atoms. The van der Waals surface area contributed by atoms with Crippen molar-refractivity contribution >= 4 is 12.0 Å². The molecule has 0 unspecified atom stereocenters. The van der Waals surface area contributed by atoms with Crippen molar-refractivity contribution in [2.24, 2.45) is 0 Å². The lowest BCUT2D eigenvalue weighted by molar-refractivity contribution is -0.116. The Bertz CT molecular complexity index is 607. The van der Waals surface area contributed by atoms with Gasteiger partial charge in [0, 0.05) is 31.6 Å². The van der Waals surface area contributed by atoms with Crippen LogP contribution in [0.2, 0.25) is 0 Å². The molecule has 0 aliphatic rings. The second-order valence-corrected chi connectivity index (χ2v) is 4.79. The predicted molar refractivity (Wildman–Crippen MR) is 86.9 cm³/mol. The summed E-state index contributed by atoms with van der Waals surface area (Å²) < 4.78 is 5.35. The molecule has 0 atom stereocenters. The van der Waals surface area contributed by atoms with Crippen molar-refractivity contribution < 1.29 is 9.53 Å². The van der Waals surface area contributed by atoms with Crippen molar-refractivity contribution in [3.8, 4) is 0 Å². The molecule has 2 aromatic rings. The average molecular weight is 296 g/mol. The molecule has 1 aromatic carbocycles. The molecule has 0 radical (unpaired) electrons. The first-order chi connectivity index (χ1) is 10.8. The Labute approximate surface area is 130 Å². The van der Waals surface area contributed by atoms with Gasteiger partial charge in [-0.25, -0.2) is 0 Å². The Morgan fingerprint density at radius 2 is 2.00 bits per heavy atom. The molecule has 0 saturated carbocycles. The summed E-state index contributed by atoms with van der Waals surface area (Å²) in [5.74, 6) is -0.123. The molecule has 0 aliphatic carbocycles. The number of ether oxygens (including phenoxy) is 1. The maximum atomic E-state index is 11.8. The fourth-order valence-corrected chi connectivity index (χ4v) is 1.87. The second kappa shape index (κ2) is 8.74.